The van der Waals surface area contributed by atoms with E-state index in [0.29, 0.717) is 5.41 Å². The van der Waals surface area contributed by atoms with Gasteiger partial charge in [0.1, 0.15) is 0 Å². The summed E-state index contributed by atoms with van der Waals surface area (Å²) in [5, 5.41) is 3.23. The van der Waals surface area contributed by atoms with Gasteiger partial charge in [0.2, 0.25) is 0 Å². The van der Waals surface area contributed by atoms with Crippen LogP contribution in [0, 0.1) is 11.3 Å². The van der Waals surface area contributed by atoms with E-state index < -0.39 is 0 Å². The summed E-state index contributed by atoms with van der Waals surface area (Å²) < 4.78 is 5.36. The van der Waals surface area contributed by atoms with Crippen LogP contribution < -0.4 is 5.32 Å². The molecule has 0 aromatic heterocycles. The molecule has 1 saturated heterocycles. The molecule has 0 amide bonds. The molecule has 1 heterocycles. The van der Waals surface area contributed by atoms with Crippen LogP contribution in [-0.2, 0) is 4.74 Å². The molecule has 0 radical (unpaired) electrons. The first-order chi connectivity index (χ1) is 5.17. The molecule has 0 aromatic carbocycles. The highest BCUT2D eigenvalue weighted by Crippen LogP contribution is 2.32. The molecule has 0 saturated carbocycles. The third-order valence-corrected chi connectivity index (χ3v) is 2.67. The van der Waals surface area contributed by atoms with Gasteiger partial charge in [0.05, 0.1) is 6.61 Å². The molecule has 2 nitrogen and oxygen atoms in total. The molecule has 1 aliphatic heterocycles. The predicted molar refractivity (Wildman–Crippen MR) is 46.6 cm³/mol. The zero-order chi connectivity index (χ0) is 8.32. The summed E-state index contributed by atoms with van der Waals surface area (Å²) in [6.07, 6.45) is 1.23. The largest absolute Gasteiger partial charge is 0.381 e. The molecule has 1 rings (SSSR count). The molecule has 2 heteroatoms. The topological polar surface area (TPSA) is 21.3 Å². The molecular formula is C9H19NO. The lowest BCUT2D eigenvalue weighted by atomic mass is 9.78. The lowest BCUT2D eigenvalue weighted by molar-refractivity contribution is 0.142. The van der Waals surface area contributed by atoms with Gasteiger partial charge in [-0.25, -0.2) is 0 Å². The van der Waals surface area contributed by atoms with Crippen LogP contribution in [0.2, 0.25) is 0 Å². The zero-order valence-corrected chi connectivity index (χ0v) is 7.81. The van der Waals surface area contributed by atoms with E-state index in [0.717, 1.165) is 25.7 Å². The fraction of sp³-hybridized carbons (Fsp3) is 1.00. The lowest BCUT2D eigenvalue weighted by Gasteiger charge is -2.30. The molecule has 0 bridgehead atoms. The van der Waals surface area contributed by atoms with Gasteiger partial charge in [-0.3, -0.25) is 0 Å². The van der Waals surface area contributed by atoms with Crippen molar-refractivity contribution < 1.29 is 4.74 Å². The fourth-order valence-corrected chi connectivity index (χ4v) is 1.75. The lowest BCUT2D eigenvalue weighted by Crippen LogP contribution is -2.34. The number of hydrogen-bond donors (Lipinski definition) is 1. The molecule has 11 heavy (non-hydrogen) atoms. The summed E-state index contributed by atoms with van der Waals surface area (Å²) in [6, 6.07) is 0. The molecule has 1 aliphatic rings. The summed E-state index contributed by atoms with van der Waals surface area (Å²) in [4.78, 5) is 0. The van der Waals surface area contributed by atoms with Crippen molar-refractivity contribution in [3.05, 3.63) is 0 Å². The Kier molecular flexibility index (Phi) is 2.90. The van der Waals surface area contributed by atoms with E-state index in [9.17, 15) is 0 Å². The van der Waals surface area contributed by atoms with Gasteiger partial charge in [0, 0.05) is 13.2 Å². The predicted octanol–water partition coefficient (Wildman–Crippen LogP) is 1.27. The second-order valence-corrected chi connectivity index (χ2v) is 4.08. The van der Waals surface area contributed by atoms with Crippen molar-refractivity contribution in [3.8, 4) is 0 Å². The molecule has 0 aromatic rings. The third-order valence-electron chi connectivity index (χ3n) is 2.67. The van der Waals surface area contributed by atoms with E-state index >= 15 is 0 Å². The Hall–Kier alpha value is -0.0800. The van der Waals surface area contributed by atoms with E-state index in [1.54, 1.807) is 0 Å². The summed E-state index contributed by atoms with van der Waals surface area (Å²) in [5.41, 5.74) is 0.394. The van der Waals surface area contributed by atoms with Crippen molar-refractivity contribution in [3.63, 3.8) is 0 Å². The van der Waals surface area contributed by atoms with Crippen molar-refractivity contribution in [1.29, 1.82) is 0 Å². The van der Waals surface area contributed by atoms with Gasteiger partial charge in [-0.2, -0.15) is 0 Å². The number of ether oxygens (including phenoxy) is 1. The van der Waals surface area contributed by atoms with E-state index in [4.69, 9.17) is 4.74 Å². The first kappa shape index (κ1) is 9.01. The standard InChI is InChI=1S/C9H19NO/c1-9(2,7-10-3)8-4-5-11-6-8/h8,10H,4-7H2,1-3H3. The van der Waals surface area contributed by atoms with Crippen LogP contribution in [0.1, 0.15) is 20.3 Å². The number of nitrogens with one attached hydrogen (secondary N) is 1. The van der Waals surface area contributed by atoms with Gasteiger partial charge < -0.3 is 10.1 Å². The van der Waals surface area contributed by atoms with Crippen LogP contribution in [-0.4, -0.2) is 26.8 Å². The summed E-state index contributed by atoms with van der Waals surface area (Å²) in [7, 11) is 2.01. The number of rotatable bonds is 3. The average molecular weight is 157 g/mol. The van der Waals surface area contributed by atoms with E-state index in [2.05, 4.69) is 19.2 Å². The summed E-state index contributed by atoms with van der Waals surface area (Å²) in [5.74, 6) is 0.745. The van der Waals surface area contributed by atoms with Crippen LogP contribution >= 0.6 is 0 Å². The van der Waals surface area contributed by atoms with Gasteiger partial charge in [-0.05, 0) is 24.8 Å². The number of hydrogen-bond acceptors (Lipinski definition) is 2. The second-order valence-electron chi connectivity index (χ2n) is 4.08. The smallest absolute Gasteiger partial charge is 0.0500 e. The highest BCUT2D eigenvalue weighted by atomic mass is 16.5. The highest BCUT2D eigenvalue weighted by Gasteiger charge is 2.31. The summed E-state index contributed by atoms with van der Waals surface area (Å²) >= 11 is 0. The van der Waals surface area contributed by atoms with Gasteiger partial charge in [0.25, 0.3) is 0 Å². The Morgan fingerprint density at radius 3 is 2.73 bits per heavy atom. The second kappa shape index (κ2) is 3.55. The minimum atomic E-state index is 0.394. The normalized spacial score (nSPS) is 25.9. The monoisotopic (exact) mass is 157 g/mol. The maximum atomic E-state index is 5.36. The Morgan fingerprint density at radius 1 is 1.55 bits per heavy atom. The SMILES string of the molecule is CNCC(C)(C)C1CCOC1. The fourth-order valence-electron chi connectivity index (χ4n) is 1.75. The Labute approximate surface area is 69.3 Å². The zero-order valence-electron chi connectivity index (χ0n) is 7.81. The van der Waals surface area contributed by atoms with Crippen LogP contribution in [0.5, 0.6) is 0 Å². The van der Waals surface area contributed by atoms with Crippen molar-refractivity contribution >= 4 is 0 Å². The highest BCUT2D eigenvalue weighted by molar-refractivity contribution is 4.82. The van der Waals surface area contributed by atoms with Gasteiger partial charge in [0.15, 0.2) is 0 Å². The van der Waals surface area contributed by atoms with Crippen molar-refractivity contribution in [2.75, 3.05) is 26.8 Å². The molecule has 0 aliphatic carbocycles. The minimum Gasteiger partial charge on any atom is -0.381 e. The van der Waals surface area contributed by atoms with Crippen molar-refractivity contribution in [2.45, 2.75) is 20.3 Å². The molecule has 66 valence electrons. The minimum absolute atomic E-state index is 0.394. The van der Waals surface area contributed by atoms with E-state index in [-0.39, 0.29) is 0 Å². The Balaban J connectivity index is 2.41. The first-order valence-corrected chi connectivity index (χ1v) is 4.39. The maximum absolute atomic E-state index is 5.36. The van der Waals surface area contributed by atoms with Gasteiger partial charge in [-0.1, -0.05) is 13.8 Å². The van der Waals surface area contributed by atoms with Crippen LogP contribution in [0.25, 0.3) is 0 Å². The van der Waals surface area contributed by atoms with Crippen LogP contribution in [0.15, 0.2) is 0 Å². The Morgan fingerprint density at radius 2 is 2.27 bits per heavy atom. The summed E-state index contributed by atoms with van der Waals surface area (Å²) in [6.45, 7) is 7.61. The van der Waals surface area contributed by atoms with Gasteiger partial charge >= 0.3 is 0 Å². The van der Waals surface area contributed by atoms with E-state index in [1.807, 2.05) is 7.05 Å². The van der Waals surface area contributed by atoms with Gasteiger partial charge in [-0.15, -0.1) is 0 Å². The Bertz CT molecular complexity index is 117. The molecule has 0 spiro atoms. The molecule has 1 unspecified atom stereocenters. The van der Waals surface area contributed by atoms with Crippen LogP contribution in [0.3, 0.4) is 0 Å². The third kappa shape index (κ3) is 2.17. The van der Waals surface area contributed by atoms with E-state index in [1.165, 1.54) is 6.42 Å². The van der Waals surface area contributed by atoms with Crippen molar-refractivity contribution in [2.24, 2.45) is 11.3 Å². The molecule has 1 N–H and O–H groups in total. The first-order valence-electron chi connectivity index (χ1n) is 4.39. The maximum Gasteiger partial charge on any atom is 0.0500 e. The quantitative estimate of drug-likeness (QED) is 0.666. The average Bonchev–Trinajstić information content (AvgIpc) is 2.37. The molecule has 1 fully saturated rings. The molecule has 1 atom stereocenters. The van der Waals surface area contributed by atoms with Crippen molar-refractivity contribution in [1.82, 2.24) is 5.32 Å². The molecular weight excluding hydrogens is 138 g/mol. The van der Waals surface area contributed by atoms with Crippen LogP contribution in [0.4, 0.5) is 0 Å².